The number of nitrogens with one attached hydrogen (secondary N) is 1. The first-order valence-electron chi connectivity index (χ1n) is 8.03. The number of rotatable bonds is 10. The Hall–Kier alpha value is -1.53. The van der Waals surface area contributed by atoms with Gasteiger partial charge >= 0.3 is 0 Å². The number of benzene rings is 1. The highest BCUT2D eigenvalue weighted by Crippen LogP contribution is 2.18. The average molecular weight is 288 g/mol. The van der Waals surface area contributed by atoms with Gasteiger partial charge in [-0.2, -0.15) is 5.26 Å². The Balaban J connectivity index is 2.37. The fourth-order valence-electron chi connectivity index (χ4n) is 2.45. The van der Waals surface area contributed by atoms with E-state index in [4.69, 9.17) is 10.00 Å². The Bertz CT molecular complexity index is 422. The van der Waals surface area contributed by atoms with Crippen molar-refractivity contribution in [2.24, 2.45) is 0 Å². The zero-order valence-corrected chi connectivity index (χ0v) is 13.6. The molecule has 1 N–H and O–H groups in total. The van der Waals surface area contributed by atoms with E-state index in [9.17, 15) is 0 Å². The van der Waals surface area contributed by atoms with Crippen molar-refractivity contribution in [2.45, 2.75) is 65.0 Å². The van der Waals surface area contributed by atoms with Gasteiger partial charge in [0.2, 0.25) is 0 Å². The van der Waals surface area contributed by atoms with E-state index in [1.807, 2.05) is 18.2 Å². The molecule has 0 saturated carbocycles. The molecule has 2 atom stereocenters. The third-order valence-electron chi connectivity index (χ3n) is 3.71. The van der Waals surface area contributed by atoms with Crippen molar-refractivity contribution in [3.8, 4) is 11.8 Å². The largest absolute Gasteiger partial charge is 0.479 e. The Morgan fingerprint density at radius 3 is 2.48 bits per heavy atom. The highest BCUT2D eigenvalue weighted by molar-refractivity contribution is 5.29. The van der Waals surface area contributed by atoms with Gasteiger partial charge in [0.25, 0.3) is 0 Å². The molecule has 0 fully saturated rings. The highest BCUT2D eigenvalue weighted by Gasteiger charge is 2.09. The molecule has 116 valence electrons. The zero-order valence-electron chi connectivity index (χ0n) is 13.6. The van der Waals surface area contributed by atoms with Crippen molar-refractivity contribution in [3.63, 3.8) is 0 Å². The van der Waals surface area contributed by atoms with Crippen molar-refractivity contribution in [2.75, 3.05) is 6.61 Å². The molecule has 0 radical (unpaired) electrons. The molecule has 0 aliphatic heterocycles. The first-order chi connectivity index (χ1) is 10.2. The minimum absolute atomic E-state index is 0.0992. The van der Waals surface area contributed by atoms with Gasteiger partial charge in [0, 0.05) is 12.1 Å². The summed E-state index contributed by atoms with van der Waals surface area (Å²) < 4.78 is 5.27. The van der Waals surface area contributed by atoms with Gasteiger partial charge in [0.05, 0.1) is 0 Å². The molecular formula is C18H28N2O. The summed E-state index contributed by atoms with van der Waals surface area (Å²) in [5.74, 6) is 0.750. The van der Waals surface area contributed by atoms with E-state index in [-0.39, 0.29) is 6.61 Å². The van der Waals surface area contributed by atoms with Gasteiger partial charge in [-0.15, -0.1) is 0 Å². The summed E-state index contributed by atoms with van der Waals surface area (Å²) in [5, 5.41) is 12.1. The highest BCUT2D eigenvalue weighted by atomic mass is 16.5. The van der Waals surface area contributed by atoms with Crippen molar-refractivity contribution in [1.29, 1.82) is 5.26 Å². The van der Waals surface area contributed by atoms with Crippen molar-refractivity contribution >= 4 is 0 Å². The van der Waals surface area contributed by atoms with Crippen LogP contribution in [-0.4, -0.2) is 12.6 Å². The summed E-state index contributed by atoms with van der Waals surface area (Å²) in [6.07, 6.45) is 6.50. The summed E-state index contributed by atoms with van der Waals surface area (Å²) in [6.45, 7) is 6.79. The third kappa shape index (κ3) is 7.15. The molecule has 3 heteroatoms. The van der Waals surface area contributed by atoms with Crippen LogP contribution in [-0.2, 0) is 0 Å². The van der Waals surface area contributed by atoms with Gasteiger partial charge in [-0.1, -0.05) is 44.7 Å². The van der Waals surface area contributed by atoms with E-state index >= 15 is 0 Å². The van der Waals surface area contributed by atoms with E-state index in [0.717, 1.165) is 5.75 Å². The molecule has 0 amide bonds. The average Bonchev–Trinajstić information content (AvgIpc) is 2.50. The second kappa shape index (κ2) is 10.2. The normalized spacial score (nSPS) is 13.4. The zero-order chi connectivity index (χ0) is 15.5. The molecule has 0 saturated heterocycles. The third-order valence-corrected chi connectivity index (χ3v) is 3.71. The molecule has 21 heavy (non-hydrogen) atoms. The summed E-state index contributed by atoms with van der Waals surface area (Å²) >= 11 is 0. The maximum Gasteiger partial charge on any atom is 0.174 e. The summed E-state index contributed by atoms with van der Waals surface area (Å²) in [7, 11) is 0. The molecule has 2 unspecified atom stereocenters. The van der Waals surface area contributed by atoms with Gasteiger partial charge in [0.1, 0.15) is 11.8 Å². The van der Waals surface area contributed by atoms with Crippen LogP contribution in [0.2, 0.25) is 0 Å². The van der Waals surface area contributed by atoms with Gasteiger partial charge in [-0.25, -0.2) is 0 Å². The van der Waals surface area contributed by atoms with Crippen LogP contribution in [0.3, 0.4) is 0 Å². The monoisotopic (exact) mass is 288 g/mol. The van der Waals surface area contributed by atoms with Crippen LogP contribution in [0, 0.1) is 11.3 Å². The predicted octanol–water partition coefficient (Wildman–Crippen LogP) is 4.60. The van der Waals surface area contributed by atoms with E-state index < -0.39 is 0 Å². The van der Waals surface area contributed by atoms with E-state index in [1.165, 1.54) is 37.7 Å². The molecule has 0 aliphatic carbocycles. The van der Waals surface area contributed by atoms with Crippen molar-refractivity contribution in [3.05, 3.63) is 29.8 Å². The van der Waals surface area contributed by atoms with Gasteiger partial charge in [-0.3, -0.25) is 0 Å². The van der Waals surface area contributed by atoms with Crippen molar-refractivity contribution in [1.82, 2.24) is 5.32 Å². The molecule has 0 aromatic heterocycles. The molecule has 1 aromatic carbocycles. The lowest BCUT2D eigenvalue weighted by Crippen LogP contribution is -2.28. The Labute approximate surface area is 129 Å². The lowest BCUT2D eigenvalue weighted by molar-refractivity contribution is 0.367. The van der Waals surface area contributed by atoms with Crippen LogP contribution in [0.15, 0.2) is 24.3 Å². The van der Waals surface area contributed by atoms with Gasteiger partial charge in [-0.05, 0) is 38.0 Å². The smallest absolute Gasteiger partial charge is 0.174 e. The Morgan fingerprint density at radius 2 is 1.86 bits per heavy atom. The lowest BCUT2D eigenvalue weighted by atomic mass is 10.0. The van der Waals surface area contributed by atoms with Gasteiger partial charge < -0.3 is 10.1 Å². The quantitative estimate of drug-likeness (QED) is 0.640. The fraction of sp³-hybridized carbons (Fsp3) is 0.611. The number of nitrogens with zero attached hydrogens (tertiary/aromatic N) is 1. The van der Waals surface area contributed by atoms with Crippen LogP contribution < -0.4 is 10.1 Å². The predicted molar refractivity (Wildman–Crippen MR) is 87.3 cm³/mol. The molecule has 0 spiro atoms. The van der Waals surface area contributed by atoms with Crippen LogP contribution in [0.5, 0.6) is 5.75 Å². The first-order valence-corrected chi connectivity index (χ1v) is 8.03. The minimum Gasteiger partial charge on any atom is -0.479 e. The van der Waals surface area contributed by atoms with Gasteiger partial charge in [0.15, 0.2) is 6.61 Å². The molecule has 0 heterocycles. The molecule has 3 nitrogen and oxygen atoms in total. The topological polar surface area (TPSA) is 45.0 Å². The number of hydrogen-bond donors (Lipinski definition) is 1. The number of unbranched alkanes of at least 4 members (excludes halogenated alkanes) is 3. The Kier molecular flexibility index (Phi) is 8.54. The standard InChI is InChI=1S/C18H28N2O/c1-4-5-6-7-8-15(2)20-16(3)17-9-11-18(12-10-17)21-14-13-19/h9-12,15-16,20H,4-8,14H2,1-3H3. The van der Waals surface area contributed by atoms with E-state index in [0.29, 0.717) is 12.1 Å². The minimum atomic E-state index is 0.0992. The van der Waals surface area contributed by atoms with Crippen LogP contribution in [0.4, 0.5) is 0 Å². The maximum absolute atomic E-state index is 8.49. The molecule has 0 bridgehead atoms. The van der Waals surface area contributed by atoms with Crippen LogP contribution in [0.1, 0.15) is 64.5 Å². The van der Waals surface area contributed by atoms with Crippen LogP contribution >= 0.6 is 0 Å². The lowest BCUT2D eigenvalue weighted by Gasteiger charge is -2.20. The summed E-state index contributed by atoms with van der Waals surface area (Å²) in [5.41, 5.74) is 1.25. The fourth-order valence-corrected chi connectivity index (χ4v) is 2.45. The number of ether oxygens (including phenoxy) is 1. The number of nitriles is 1. The Morgan fingerprint density at radius 1 is 1.14 bits per heavy atom. The van der Waals surface area contributed by atoms with E-state index in [2.05, 4.69) is 38.2 Å². The molecular weight excluding hydrogens is 260 g/mol. The number of hydrogen-bond acceptors (Lipinski definition) is 3. The maximum atomic E-state index is 8.49. The summed E-state index contributed by atoms with van der Waals surface area (Å²) in [6, 6.07) is 10.8. The van der Waals surface area contributed by atoms with E-state index in [1.54, 1.807) is 0 Å². The summed E-state index contributed by atoms with van der Waals surface area (Å²) in [4.78, 5) is 0. The second-order valence-electron chi connectivity index (χ2n) is 5.65. The molecule has 1 aromatic rings. The SMILES string of the molecule is CCCCCCC(C)NC(C)c1ccc(OCC#N)cc1. The second-order valence-corrected chi connectivity index (χ2v) is 5.65. The molecule has 0 aliphatic rings. The first kappa shape index (κ1) is 17.5. The van der Waals surface area contributed by atoms with Crippen molar-refractivity contribution < 1.29 is 4.74 Å². The van der Waals surface area contributed by atoms with Crippen LogP contribution in [0.25, 0.3) is 0 Å². The molecule has 1 rings (SSSR count).